The Labute approximate surface area is 127 Å². The average Bonchev–Trinajstić information content (AvgIpc) is 2.41. The monoisotopic (exact) mass is 311 g/mol. The molecule has 0 bridgehead atoms. The van der Waals surface area contributed by atoms with Crippen LogP contribution in [0.25, 0.3) is 0 Å². The number of hydrogen-bond donors (Lipinski definition) is 1. The highest BCUT2D eigenvalue weighted by Gasteiger charge is 2.29. The maximum atomic E-state index is 12.6. The van der Waals surface area contributed by atoms with Gasteiger partial charge < -0.3 is 4.74 Å². The Morgan fingerprint density at radius 2 is 2.00 bits per heavy atom. The van der Waals surface area contributed by atoms with E-state index in [1.165, 1.54) is 0 Å². The van der Waals surface area contributed by atoms with Crippen LogP contribution in [0.2, 0.25) is 0 Å². The Kier molecular flexibility index (Phi) is 5.07. The normalized spacial score (nSPS) is 23.5. The van der Waals surface area contributed by atoms with Gasteiger partial charge in [-0.05, 0) is 49.8 Å². The molecule has 1 N–H and O–H groups in total. The molecule has 21 heavy (non-hydrogen) atoms. The number of benzene rings is 1. The molecule has 1 heterocycles. The molecule has 2 rings (SSSR count). The van der Waals surface area contributed by atoms with Crippen molar-refractivity contribution in [2.45, 2.75) is 57.6 Å². The molecule has 0 radical (unpaired) electrons. The summed E-state index contributed by atoms with van der Waals surface area (Å²) in [6.07, 6.45) is 1.60. The molecule has 0 aromatic heterocycles. The molecular weight excluding hydrogens is 286 g/mol. The molecule has 1 saturated heterocycles. The molecule has 0 amide bonds. The Hall–Kier alpha value is -0.910. The van der Waals surface area contributed by atoms with Crippen LogP contribution in [0.15, 0.2) is 23.1 Å². The fraction of sp³-hybridized carbons (Fsp3) is 0.625. The van der Waals surface area contributed by atoms with Crippen molar-refractivity contribution in [3.05, 3.63) is 29.3 Å². The molecule has 1 aliphatic rings. The van der Waals surface area contributed by atoms with Gasteiger partial charge in [0.25, 0.3) is 0 Å². The minimum atomic E-state index is -3.47. The van der Waals surface area contributed by atoms with Crippen LogP contribution in [-0.4, -0.2) is 27.2 Å². The van der Waals surface area contributed by atoms with Gasteiger partial charge in [-0.25, -0.2) is 13.1 Å². The van der Waals surface area contributed by atoms with Gasteiger partial charge in [0.1, 0.15) is 0 Å². The summed E-state index contributed by atoms with van der Waals surface area (Å²) in [5, 5.41) is 0. The quantitative estimate of drug-likeness (QED) is 0.930. The van der Waals surface area contributed by atoms with Crippen LogP contribution >= 0.6 is 0 Å². The van der Waals surface area contributed by atoms with Gasteiger partial charge in [0.05, 0.1) is 11.0 Å². The average molecular weight is 311 g/mol. The van der Waals surface area contributed by atoms with E-state index in [-0.39, 0.29) is 12.1 Å². The fourth-order valence-electron chi connectivity index (χ4n) is 2.68. The second-order valence-corrected chi connectivity index (χ2v) is 7.95. The molecule has 0 spiro atoms. The van der Waals surface area contributed by atoms with Crippen LogP contribution in [0.3, 0.4) is 0 Å². The van der Waals surface area contributed by atoms with E-state index >= 15 is 0 Å². The van der Waals surface area contributed by atoms with E-state index in [1.54, 1.807) is 6.07 Å². The number of rotatable bonds is 4. The zero-order chi connectivity index (χ0) is 15.6. The minimum Gasteiger partial charge on any atom is -0.378 e. The summed E-state index contributed by atoms with van der Waals surface area (Å²) in [7, 11) is -3.47. The van der Waals surface area contributed by atoms with Gasteiger partial charge in [0, 0.05) is 12.6 Å². The predicted octanol–water partition coefficient (Wildman–Crippen LogP) is 2.79. The zero-order valence-electron chi connectivity index (χ0n) is 13.2. The molecule has 0 unspecified atom stereocenters. The Morgan fingerprint density at radius 3 is 2.67 bits per heavy atom. The van der Waals surface area contributed by atoms with E-state index in [0.29, 0.717) is 17.4 Å². The van der Waals surface area contributed by atoms with Gasteiger partial charge in [-0.2, -0.15) is 0 Å². The van der Waals surface area contributed by atoms with E-state index in [2.05, 4.69) is 18.6 Å². The lowest BCUT2D eigenvalue weighted by Gasteiger charge is -2.32. The van der Waals surface area contributed by atoms with E-state index in [0.717, 1.165) is 24.0 Å². The number of sulfonamides is 1. The first kappa shape index (κ1) is 16.5. The zero-order valence-corrected chi connectivity index (χ0v) is 14.0. The molecular formula is C16H25NO3S. The number of aryl methyl sites for hydroxylation is 2. The molecule has 118 valence electrons. The predicted molar refractivity (Wildman–Crippen MR) is 83.8 cm³/mol. The van der Waals surface area contributed by atoms with Crippen LogP contribution in [-0.2, 0) is 14.8 Å². The summed E-state index contributed by atoms with van der Waals surface area (Å²) >= 11 is 0. The molecule has 1 aromatic rings. The van der Waals surface area contributed by atoms with Crippen molar-refractivity contribution in [2.75, 3.05) is 6.61 Å². The van der Waals surface area contributed by atoms with Gasteiger partial charge in [0.2, 0.25) is 10.0 Å². The largest absolute Gasteiger partial charge is 0.378 e. The third-order valence-corrected chi connectivity index (χ3v) is 5.68. The first-order valence-electron chi connectivity index (χ1n) is 7.51. The van der Waals surface area contributed by atoms with Crippen LogP contribution in [0.1, 0.15) is 37.8 Å². The third-order valence-electron chi connectivity index (χ3n) is 4.01. The topological polar surface area (TPSA) is 55.4 Å². The van der Waals surface area contributed by atoms with E-state index < -0.39 is 10.0 Å². The van der Waals surface area contributed by atoms with E-state index in [4.69, 9.17) is 4.74 Å². The molecule has 1 fully saturated rings. The second-order valence-electron chi connectivity index (χ2n) is 6.26. The van der Waals surface area contributed by atoms with Crippen LogP contribution in [0.4, 0.5) is 0 Å². The first-order chi connectivity index (χ1) is 9.79. The number of nitrogens with one attached hydrogen (secondary N) is 1. The molecule has 2 atom stereocenters. The van der Waals surface area contributed by atoms with Crippen molar-refractivity contribution in [1.82, 2.24) is 4.72 Å². The Bertz CT molecular complexity index is 596. The summed E-state index contributed by atoms with van der Waals surface area (Å²) in [4.78, 5) is 0.384. The van der Waals surface area contributed by atoms with Crippen molar-refractivity contribution >= 4 is 10.0 Å². The lowest BCUT2D eigenvalue weighted by molar-refractivity contribution is -0.0211. The first-order valence-corrected chi connectivity index (χ1v) is 8.99. The standard InChI is InChI=1S/C16H25NO3S/c1-11(2)15-10-14(7-8-20-15)17-21(18,19)16-9-12(3)5-6-13(16)4/h5-6,9,11,14-15,17H,7-8,10H2,1-4H3/t14-,15+/m1/s1. The summed E-state index contributed by atoms with van der Waals surface area (Å²) in [5.41, 5.74) is 1.73. The van der Waals surface area contributed by atoms with Crippen molar-refractivity contribution in [2.24, 2.45) is 5.92 Å². The Morgan fingerprint density at radius 1 is 1.29 bits per heavy atom. The van der Waals surface area contributed by atoms with Gasteiger partial charge >= 0.3 is 0 Å². The van der Waals surface area contributed by atoms with Gasteiger partial charge in [-0.3, -0.25) is 0 Å². The van der Waals surface area contributed by atoms with E-state index in [1.807, 2.05) is 26.0 Å². The second kappa shape index (κ2) is 6.46. The smallest absolute Gasteiger partial charge is 0.241 e. The van der Waals surface area contributed by atoms with Gasteiger partial charge in [0.15, 0.2) is 0 Å². The highest BCUT2D eigenvalue weighted by atomic mass is 32.2. The number of hydrogen-bond acceptors (Lipinski definition) is 3. The SMILES string of the molecule is Cc1ccc(C)c(S(=O)(=O)N[C@@H]2CCO[C@H](C(C)C)C2)c1. The summed E-state index contributed by atoms with van der Waals surface area (Å²) < 4.78 is 33.8. The summed E-state index contributed by atoms with van der Waals surface area (Å²) in [6, 6.07) is 5.47. The van der Waals surface area contributed by atoms with Crippen molar-refractivity contribution < 1.29 is 13.2 Å². The molecule has 1 aromatic carbocycles. The fourth-order valence-corrected chi connectivity index (χ4v) is 4.29. The Balaban J connectivity index is 2.15. The van der Waals surface area contributed by atoms with Gasteiger partial charge in [-0.15, -0.1) is 0 Å². The molecule has 4 nitrogen and oxygen atoms in total. The van der Waals surface area contributed by atoms with Crippen molar-refractivity contribution in [3.8, 4) is 0 Å². The minimum absolute atomic E-state index is 0.0453. The highest BCUT2D eigenvalue weighted by molar-refractivity contribution is 7.89. The van der Waals surface area contributed by atoms with Crippen molar-refractivity contribution in [1.29, 1.82) is 0 Å². The maximum absolute atomic E-state index is 12.6. The summed E-state index contributed by atoms with van der Waals surface area (Å²) in [6.45, 7) is 8.55. The van der Waals surface area contributed by atoms with Crippen LogP contribution in [0.5, 0.6) is 0 Å². The van der Waals surface area contributed by atoms with Crippen LogP contribution in [0, 0.1) is 19.8 Å². The third kappa shape index (κ3) is 4.05. The maximum Gasteiger partial charge on any atom is 0.241 e. The van der Waals surface area contributed by atoms with E-state index in [9.17, 15) is 8.42 Å². The summed E-state index contributed by atoms with van der Waals surface area (Å²) in [5.74, 6) is 0.401. The molecule has 5 heteroatoms. The lowest BCUT2D eigenvalue weighted by Crippen LogP contribution is -2.43. The van der Waals surface area contributed by atoms with Crippen molar-refractivity contribution in [3.63, 3.8) is 0 Å². The molecule has 0 aliphatic carbocycles. The van der Waals surface area contributed by atoms with Gasteiger partial charge in [-0.1, -0.05) is 26.0 Å². The highest BCUT2D eigenvalue weighted by Crippen LogP contribution is 2.23. The van der Waals surface area contributed by atoms with Crippen LogP contribution < -0.4 is 4.72 Å². The molecule has 0 saturated carbocycles. The number of ether oxygens (including phenoxy) is 1. The molecule has 1 aliphatic heterocycles. The lowest BCUT2D eigenvalue weighted by atomic mass is 9.96.